The van der Waals surface area contributed by atoms with Crippen molar-refractivity contribution in [2.24, 2.45) is 5.92 Å². The van der Waals surface area contributed by atoms with Crippen LogP contribution in [0, 0.1) is 5.92 Å². The van der Waals surface area contributed by atoms with Crippen LogP contribution in [0.2, 0.25) is 0 Å². The van der Waals surface area contributed by atoms with Gasteiger partial charge in [0.2, 0.25) is 10.0 Å². The highest BCUT2D eigenvalue weighted by atomic mass is 32.2. The second-order valence-corrected chi connectivity index (χ2v) is 11.1. The Morgan fingerprint density at radius 2 is 1.59 bits per heavy atom. The molecule has 1 aromatic rings. The number of nitrogens with one attached hydrogen (secondary N) is 3. The quantitative estimate of drug-likeness (QED) is 0.159. The third-order valence-electron chi connectivity index (χ3n) is 6.38. The minimum Gasteiger partial charge on any atom is -0.508 e. The van der Waals surface area contributed by atoms with E-state index in [0.29, 0.717) is 5.56 Å². The number of sulfonamides is 1. The summed E-state index contributed by atoms with van der Waals surface area (Å²) in [5, 5.41) is 21.5. The molecule has 1 aromatic carbocycles. The maximum absolute atomic E-state index is 12.5. The maximum atomic E-state index is 12.5. The van der Waals surface area contributed by atoms with Crippen molar-refractivity contribution in [3.8, 4) is 5.75 Å². The number of carbonyl (C=O) groups excluding carboxylic acids is 2. The standard InChI is InChI=1S/C24H39N3O6S/c1-18(23(29)15-24(30)22(27-31)14-19-10-12-21(28)13-11-19)25-17-26-34(32,33)16-20-8-6-4-2-3-5-7-9-20/h10-13,18,20,22,25-28,31H,2-9,14-17H2,1H3/t18-,22-/m0/s1. The van der Waals surface area contributed by atoms with Crippen molar-refractivity contribution < 1.29 is 28.3 Å². The molecule has 9 nitrogen and oxygen atoms in total. The lowest BCUT2D eigenvalue weighted by atomic mass is 9.98. The molecule has 0 heterocycles. The van der Waals surface area contributed by atoms with Crippen LogP contribution in [0.1, 0.15) is 70.3 Å². The number of ketones is 2. The van der Waals surface area contributed by atoms with Gasteiger partial charge in [-0.2, -0.15) is 5.48 Å². The number of phenolic OH excluding ortho intramolecular Hbond substituents is 1. The van der Waals surface area contributed by atoms with E-state index in [1.165, 1.54) is 25.0 Å². The van der Waals surface area contributed by atoms with Gasteiger partial charge in [-0.1, -0.05) is 50.7 Å². The Morgan fingerprint density at radius 1 is 1.00 bits per heavy atom. The lowest BCUT2D eigenvalue weighted by molar-refractivity contribution is -0.130. The summed E-state index contributed by atoms with van der Waals surface area (Å²) in [5.41, 5.74) is 2.66. The lowest BCUT2D eigenvalue weighted by Crippen LogP contribution is -2.45. The molecule has 0 unspecified atom stereocenters. The Morgan fingerprint density at radius 3 is 2.18 bits per heavy atom. The molecule has 0 amide bonds. The van der Waals surface area contributed by atoms with E-state index in [2.05, 4.69) is 10.0 Å². The third kappa shape index (κ3) is 10.6. The van der Waals surface area contributed by atoms with Crippen molar-refractivity contribution in [1.82, 2.24) is 15.5 Å². The van der Waals surface area contributed by atoms with Crippen molar-refractivity contribution in [3.63, 3.8) is 0 Å². The molecule has 1 fully saturated rings. The number of hydrogen-bond donors (Lipinski definition) is 5. The van der Waals surface area contributed by atoms with E-state index in [9.17, 15) is 28.3 Å². The predicted octanol–water partition coefficient (Wildman–Crippen LogP) is 2.42. The van der Waals surface area contributed by atoms with Crippen LogP contribution in [0.5, 0.6) is 5.75 Å². The SMILES string of the molecule is C[C@H](NCNS(=O)(=O)CC1CCCCCCCC1)C(=O)CC(=O)[C@H](Cc1ccc(O)cc1)NO. The topological polar surface area (TPSA) is 145 Å². The number of aromatic hydroxyl groups is 1. The van der Waals surface area contributed by atoms with E-state index in [1.807, 2.05) is 5.48 Å². The van der Waals surface area contributed by atoms with Crippen LogP contribution < -0.4 is 15.5 Å². The second kappa shape index (κ2) is 14.5. The summed E-state index contributed by atoms with van der Waals surface area (Å²) in [7, 11) is -3.47. The van der Waals surface area contributed by atoms with E-state index < -0.39 is 40.1 Å². The Balaban J connectivity index is 1.76. The molecule has 34 heavy (non-hydrogen) atoms. The van der Waals surface area contributed by atoms with Crippen LogP contribution in [0.25, 0.3) is 0 Å². The maximum Gasteiger partial charge on any atom is 0.212 e. The zero-order chi connectivity index (χ0) is 25.0. The minimum atomic E-state index is -3.47. The Labute approximate surface area is 202 Å². The fourth-order valence-electron chi connectivity index (χ4n) is 4.22. The fourth-order valence-corrected chi connectivity index (χ4v) is 5.59. The second-order valence-electron chi connectivity index (χ2n) is 9.25. The first-order valence-corrected chi connectivity index (χ1v) is 13.8. The van der Waals surface area contributed by atoms with Gasteiger partial charge in [-0.15, -0.1) is 0 Å². The smallest absolute Gasteiger partial charge is 0.212 e. The third-order valence-corrected chi connectivity index (χ3v) is 7.88. The summed E-state index contributed by atoms with van der Waals surface area (Å²) in [6.45, 7) is 1.48. The van der Waals surface area contributed by atoms with E-state index in [-0.39, 0.29) is 30.5 Å². The van der Waals surface area contributed by atoms with Gasteiger partial charge in [0.15, 0.2) is 11.6 Å². The predicted molar refractivity (Wildman–Crippen MR) is 130 cm³/mol. The highest BCUT2D eigenvalue weighted by Crippen LogP contribution is 2.22. The molecule has 0 aliphatic heterocycles. The number of carbonyl (C=O) groups is 2. The Hall–Kier alpha value is -1.85. The van der Waals surface area contributed by atoms with Gasteiger partial charge in [0.25, 0.3) is 0 Å². The molecule has 192 valence electrons. The zero-order valence-electron chi connectivity index (χ0n) is 20.0. The number of benzene rings is 1. The van der Waals surface area contributed by atoms with Crippen LogP contribution in [0.3, 0.4) is 0 Å². The van der Waals surface area contributed by atoms with E-state index in [0.717, 1.165) is 38.5 Å². The van der Waals surface area contributed by atoms with Crippen molar-refractivity contribution in [2.75, 3.05) is 12.4 Å². The Bertz CT molecular complexity index is 865. The molecule has 1 aliphatic carbocycles. The molecule has 1 saturated carbocycles. The first kappa shape index (κ1) is 28.4. The molecule has 1 aliphatic rings. The molecule has 10 heteroatoms. The number of hydrogen-bond acceptors (Lipinski definition) is 8. The van der Waals surface area contributed by atoms with Gasteiger partial charge < -0.3 is 10.3 Å². The van der Waals surface area contributed by atoms with Crippen LogP contribution in [0.4, 0.5) is 0 Å². The molecule has 0 aromatic heterocycles. The van der Waals surface area contributed by atoms with Gasteiger partial charge in [0, 0.05) is 0 Å². The molecule has 2 atom stereocenters. The Kier molecular flexibility index (Phi) is 12.1. The van der Waals surface area contributed by atoms with Gasteiger partial charge in [-0.25, -0.2) is 13.1 Å². The molecular formula is C24H39N3O6S. The number of hydroxylamine groups is 1. The van der Waals surface area contributed by atoms with Crippen LogP contribution in [-0.4, -0.2) is 54.8 Å². The largest absolute Gasteiger partial charge is 0.508 e. The van der Waals surface area contributed by atoms with Gasteiger partial charge >= 0.3 is 0 Å². The summed E-state index contributed by atoms with van der Waals surface area (Å²) in [6.07, 6.45) is 8.50. The monoisotopic (exact) mass is 497 g/mol. The average Bonchev–Trinajstić information content (AvgIpc) is 2.92. The van der Waals surface area contributed by atoms with Crippen LogP contribution in [-0.2, 0) is 26.0 Å². The van der Waals surface area contributed by atoms with Gasteiger partial charge in [0.1, 0.15) is 5.75 Å². The normalized spacial score (nSPS) is 17.8. The summed E-state index contributed by atoms with van der Waals surface area (Å²) in [6, 6.07) is 4.51. The summed E-state index contributed by atoms with van der Waals surface area (Å²) < 4.78 is 27.5. The number of rotatable bonds is 13. The van der Waals surface area contributed by atoms with Crippen LogP contribution in [0.15, 0.2) is 24.3 Å². The molecule has 0 spiro atoms. The number of phenols is 1. The molecule has 5 N–H and O–H groups in total. The highest BCUT2D eigenvalue weighted by Gasteiger charge is 2.24. The number of Topliss-reactive ketones (excluding diaryl/α,β-unsaturated/α-hetero) is 2. The molecule has 2 rings (SSSR count). The van der Waals surface area contributed by atoms with E-state index in [4.69, 9.17) is 0 Å². The minimum absolute atomic E-state index is 0.0919. The fraction of sp³-hybridized carbons (Fsp3) is 0.667. The first-order chi connectivity index (χ1) is 16.2. The molecule has 0 bridgehead atoms. The average molecular weight is 498 g/mol. The zero-order valence-corrected chi connectivity index (χ0v) is 20.8. The van der Waals surface area contributed by atoms with E-state index in [1.54, 1.807) is 19.1 Å². The van der Waals surface area contributed by atoms with Gasteiger partial charge in [-0.05, 0) is 49.8 Å². The molecule has 0 radical (unpaired) electrons. The summed E-state index contributed by atoms with van der Waals surface area (Å²) in [4.78, 5) is 24.9. The molecule has 0 saturated heterocycles. The van der Waals surface area contributed by atoms with E-state index >= 15 is 0 Å². The summed E-state index contributed by atoms with van der Waals surface area (Å²) in [5.74, 6) is -0.531. The molecular weight excluding hydrogens is 458 g/mol. The van der Waals surface area contributed by atoms with Crippen molar-refractivity contribution in [3.05, 3.63) is 29.8 Å². The van der Waals surface area contributed by atoms with Crippen molar-refractivity contribution in [2.45, 2.75) is 83.2 Å². The van der Waals surface area contributed by atoms with Crippen molar-refractivity contribution >= 4 is 21.6 Å². The summed E-state index contributed by atoms with van der Waals surface area (Å²) >= 11 is 0. The lowest BCUT2D eigenvalue weighted by Gasteiger charge is -2.18. The highest BCUT2D eigenvalue weighted by molar-refractivity contribution is 7.89. The first-order valence-electron chi connectivity index (χ1n) is 12.1. The van der Waals surface area contributed by atoms with Gasteiger partial charge in [0.05, 0.1) is 30.9 Å². The van der Waals surface area contributed by atoms with Crippen molar-refractivity contribution in [1.29, 1.82) is 0 Å². The van der Waals surface area contributed by atoms with Crippen LogP contribution >= 0.6 is 0 Å². The van der Waals surface area contributed by atoms with Gasteiger partial charge in [-0.3, -0.25) is 14.9 Å².